The summed E-state index contributed by atoms with van der Waals surface area (Å²) in [5, 5.41) is 22.8. The van der Waals surface area contributed by atoms with Crippen molar-refractivity contribution < 1.29 is 4.92 Å². The van der Waals surface area contributed by atoms with Gasteiger partial charge in [-0.3, -0.25) is 15.1 Å². The Hall–Kier alpha value is -3.01. The molecule has 2 aromatic rings. The van der Waals surface area contributed by atoms with Crippen LogP contribution in [0.4, 0.5) is 11.5 Å². The second kappa shape index (κ2) is 5.75. The highest BCUT2D eigenvalue weighted by Gasteiger charge is 2.20. The van der Waals surface area contributed by atoms with E-state index in [1.165, 1.54) is 12.3 Å². The summed E-state index contributed by atoms with van der Waals surface area (Å²) < 4.78 is 0. The number of aromatic nitrogens is 2. The minimum Gasteiger partial charge on any atom is -0.360 e. The average molecular weight is 269 g/mol. The van der Waals surface area contributed by atoms with Crippen LogP contribution in [0.25, 0.3) is 0 Å². The van der Waals surface area contributed by atoms with Gasteiger partial charge in [0.05, 0.1) is 4.92 Å². The van der Waals surface area contributed by atoms with E-state index in [1.807, 2.05) is 19.1 Å². The number of pyridine rings is 2. The molecule has 100 valence electrons. The molecule has 2 aromatic heterocycles. The number of rotatable bonds is 4. The normalized spacial score (nSPS) is 9.80. The lowest BCUT2D eigenvalue weighted by Crippen LogP contribution is -2.06. The highest BCUT2D eigenvalue weighted by molar-refractivity contribution is 5.64. The Labute approximate surface area is 115 Å². The molecule has 0 amide bonds. The topological polar surface area (TPSA) is 105 Å². The lowest BCUT2D eigenvalue weighted by atomic mass is 10.2. The molecular formula is C13H11N5O2. The predicted octanol–water partition coefficient (Wildman–Crippen LogP) is 2.18. The van der Waals surface area contributed by atoms with E-state index in [0.29, 0.717) is 6.54 Å². The van der Waals surface area contributed by atoms with E-state index in [0.717, 1.165) is 11.3 Å². The average Bonchev–Trinajstić information content (AvgIpc) is 2.46. The molecule has 0 saturated heterocycles. The third-order valence-electron chi connectivity index (χ3n) is 2.66. The number of hydrogen-bond acceptors (Lipinski definition) is 6. The Morgan fingerprint density at radius 3 is 2.80 bits per heavy atom. The summed E-state index contributed by atoms with van der Waals surface area (Å²) >= 11 is 0. The first-order chi connectivity index (χ1) is 9.61. The molecule has 0 bridgehead atoms. The van der Waals surface area contributed by atoms with Crippen LogP contribution >= 0.6 is 0 Å². The molecule has 20 heavy (non-hydrogen) atoms. The third kappa shape index (κ3) is 2.87. The summed E-state index contributed by atoms with van der Waals surface area (Å²) in [4.78, 5) is 18.5. The Kier molecular flexibility index (Phi) is 3.86. The molecule has 0 aliphatic rings. The fraction of sp³-hybridized carbons (Fsp3) is 0.154. The quantitative estimate of drug-likeness (QED) is 0.673. The second-order valence-electron chi connectivity index (χ2n) is 4.09. The molecule has 2 heterocycles. The maximum absolute atomic E-state index is 11.0. The molecule has 1 N–H and O–H groups in total. The zero-order valence-electron chi connectivity index (χ0n) is 10.7. The van der Waals surface area contributed by atoms with Crippen LogP contribution < -0.4 is 5.32 Å². The van der Waals surface area contributed by atoms with Crippen LogP contribution in [0.5, 0.6) is 0 Å². The lowest BCUT2D eigenvalue weighted by Gasteiger charge is -2.06. The summed E-state index contributed by atoms with van der Waals surface area (Å²) in [7, 11) is 0. The van der Waals surface area contributed by atoms with Crippen LogP contribution in [-0.2, 0) is 6.54 Å². The monoisotopic (exact) mass is 269 g/mol. The minimum atomic E-state index is -0.610. The van der Waals surface area contributed by atoms with Crippen molar-refractivity contribution in [2.45, 2.75) is 13.5 Å². The van der Waals surface area contributed by atoms with E-state index >= 15 is 0 Å². The van der Waals surface area contributed by atoms with Gasteiger partial charge in [0.15, 0.2) is 0 Å². The molecule has 0 aliphatic heterocycles. The fourth-order valence-corrected chi connectivity index (χ4v) is 1.65. The molecule has 0 aromatic carbocycles. The number of nitriles is 1. The predicted molar refractivity (Wildman–Crippen MR) is 71.9 cm³/mol. The van der Waals surface area contributed by atoms with Gasteiger partial charge in [-0.25, -0.2) is 4.98 Å². The van der Waals surface area contributed by atoms with Crippen LogP contribution in [0, 0.1) is 28.4 Å². The van der Waals surface area contributed by atoms with Gasteiger partial charge >= 0.3 is 5.69 Å². The van der Waals surface area contributed by atoms with Crippen molar-refractivity contribution >= 4 is 11.5 Å². The van der Waals surface area contributed by atoms with Crippen molar-refractivity contribution in [3.8, 4) is 6.07 Å². The highest BCUT2D eigenvalue weighted by atomic mass is 16.6. The molecule has 0 fully saturated rings. The standard InChI is InChI=1S/C13H11N5O2/c1-9-2-3-10(7-16-9)8-17-13-12(18(19)20)11(6-14)4-5-15-13/h2-5,7H,8H2,1H3,(H,15,17). The maximum atomic E-state index is 11.0. The summed E-state index contributed by atoms with van der Waals surface area (Å²) in [6.45, 7) is 2.22. The van der Waals surface area contributed by atoms with Crippen LogP contribution in [0.2, 0.25) is 0 Å². The minimum absolute atomic E-state index is 0.0190. The van der Waals surface area contributed by atoms with Crippen molar-refractivity contribution in [1.82, 2.24) is 9.97 Å². The van der Waals surface area contributed by atoms with E-state index in [-0.39, 0.29) is 17.1 Å². The first kappa shape index (κ1) is 13.4. The van der Waals surface area contributed by atoms with Gasteiger partial charge in [-0.05, 0) is 24.6 Å². The fourth-order valence-electron chi connectivity index (χ4n) is 1.65. The van der Waals surface area contributed by atoms with Gasteiger partial charge in [0.2, 0.25) is 5.82 Å². The van der Waals surface area contributed by atoms with Gasteiger partial charge in [-0.15, -0.1) is 0 Å². The van der Waals surface area contributed by atoms with E-state index in [9.17, 15) is 10.1 Å². The number of aryl methyl sites for hydroxylation is 1. The van der Waals surface area contributed by atoms with Gasteiger partial charge in [0, 0.05) is 24.6 Å². The summed E-state index contributed by atoms with van der Waals surface area (Å²) in [5.41, 5.74) is 1.43. The van der Waals surface area contributed by atoms with Crippen molar-refractivity contribution in [3.05, 3.63) is 57.5 Å². The molecule has 0 saturated carbocycles. The van der Waals surface area contributed by atoms with E-state index in [1.54, 1.807) is 12.3 Å². The van der Waals surface area contributed by atoms with Crippen LogP contribution in [0.1, 0.15) is 16.8 Å². The van der Waals surface area contributed by atoms with Gasteiger partial charge in [0.25, 0.3) is 0 Å². The lowest BCUT2D eigenvalue weighted by molar-refractivity contribution is -0.384. The van der Waals surface area contributed by atoms with Crippen molar-refractivity contribution in [2.24, 2.45) is 0 Å². The van der Waals surface area contributed by atoms with E-state index < -0.39 is 4.92 Å². The SMILES string of the molecule is Cc1ccc(CNc2nccc(C#N)c2[N+](=O)[O-])cn1. The third-order valence-corrected chi connectivity index (χ3v) is 2.66. The Balaban J connectivity index is 2.23. The number of nitrogens with one attached hydrogen (secondary N) is 1. The number of anilines is 1. The summed E-state index contributed by atoms with van der Waals surface area (Å²) in [6.07, 6.45) is 3.05. The van der Waals surface area contributed by atoms with Crippen LogP contribution in [-0.4, -0.2) is 14.9 Å². The molecule has 7 nitrogen and oxygen atoms in total. The maximum Gasteiger partial charge on any atom is 0.328 e. The first-order valence-corrected chi connectivity index (χ1v) is 5.80. The molecule has 0 spiro atoms. The highest BCUT2D eigenvalue weighted by Crippen LogP contribution is 2.25. The number of nitrogens with zero attached hydrogens (tertiary/aromatic N) is 4. The van der Waals surface area contributed by atoms with Crippen LogP contribution in [0.15, 0.2) is 30.6 Å². The zero-order valence-corrected chi connectivity index (χ0v) is 10.7. The van der Waals surface area contributed by atoms with Gasteiger partial charge in [-0.2, -0.15) is 5.26 Å². The smallest absolute Gasteiger partial charge is 0.328 e. The molecule has 7 heteroatoms. The van der Waals surface area contributed by atoms with Crippen LogP contribution in [0.3, 0.4) is 0 Å². The molecule has 0 atom stereocenters. The summed E-state index contributed by atoms with van der Waals surface area (Å²) in [5.74, 6) is 0.0784. The molecule has 0 aliphatic carbocycles. The van der Waals surface area contributed by atoms with E-state index in [2.05, 4.69) is 15.3 Å². The van der Waals surface area contributed by atoms with Crippen molar-refractivity contribution in [1.29, 1.82) is 5.26 Å². The Morgan fingerprint density at radius 2 is 2.20 bits per heavy atom. The van der Waals surface area contributed by atoms with Gasteiger partial charge < -0.3 is 5.32 Å². The Morgan fingerprint density at radius 1 is 1.40 bits per heavy atom. The second-order valence-corrected chi connectivity index (χ2v) is 4.09. The number of hydrogen-bond donors (Lipinski definition) is 1. The van der Waals surface area contributed by atoms with Gasteiger partial charge in [-0.1, -0.05) is 6.07 Å². The first-order valence-electron chi connectivity index (χ1n) is 5.80. The summed E-state index contributed by atoms with van der Waals surface area (Å²) in [6, 6.07) is 6.83. The molecular weight excluding hydrogens is 258 g/mol. The molecule has 0 radical (unpaired) electrons. The van der Waals surface area contributed by atoms with E-state index in [4.69, 9.17) is 5.26 Å². The molecule has 2 rings (SSSR count). The largest absolute Gasteiger partial charge is 0.360 e. The Bertz CT molecular complexity index is 676. The zero-order chi connectivity index (χ0) is 14.5. The van der Waals surface area contributed by atoms with Crippen molar-refractivity contribution in [3.63, 3.8) is 0 Å². The van der Waals surface area contributed by atoms with Crippen molar-refractivity contribution in [2.75, 3.05) is 5.32 Å². The van der Waals surface area contributed by atoms with Gasteiger partial charge in [0.1, 0.15) is 11.6 Å². The number of nitro groups is 1. The molecule has 0 unspecified atom stereocenters.